The van der Waals surface area contributed by atoms with Crippen LogP contribution < -0.4 is 0 Å². The second-order valence-electron chi connectivity index (χ2n) is 3.41. The molecule has 1 aromatic carbocycles. The fourth-order valence-corrected chi connectivity index (χ4v) is 1.88. The smallest absolute Gasteiger partial charge is 0.218 e. The number of halogens is 4. The van der Waals surface area contributed by atoms with Crippen molar-refractivity contribution in [3.05, 3.63) is 63.4 Å². The van der Waals surface area contributed by atoms with Crippen LogP contribution in [-0.4, -0.2) is 10.8 Å². The summed E-state index contributed by atoms with van der Waals surface area (Å²) in [5.41, 5.74) is -0.931. The Labute approximate surface area is 111 Å². The number of hydrogen-bond acceptors (Lipinski definition) is 2. The summed E-state index contributed by atoms with van der Waals surface area (Å²) in [6.07, 6.45) is 1.18. The molecule has 0 spiro atoms. The van der Waals surface area contributed by atoms with Gasteiger partial charge in [-0.25, -0.2) is 13.8 Å². The van der Waals surface area contributed by atoms with E-state index in [-0.39, 0.29) is 15.7 Å². The molecular weight excluding hydrogens is 283 g/mol. The van der Waals surface area contributed by atoms with E-state index in [2.05, 4.69) is 4.98 Å². The van der Waals surface area contributed by atoms with Crippen molar-refractivity contribution in [2.75, 3.05) is 0 Å². The fourth-order valence-electron chi connectivity index (χ4n) is 1.41. The Balaban J connectivity index is 2.55. The van der Waals surface area contributed by atoms with E-state index in [1.165, 1.54) is 18.3 Å². The molecule has 0 bridgehead atoms. The third-order valence-electron chi connectivity index (χ3n) is 2.21. The van der Waals surface area contributed by atoms with Crippen LogP contribution in [0.4, 0.5) is 8.78 Å². The third kappa shape index (κ3) is 2.35. The number of hydrogen-bond donors (Lipinski definition) is 0. The Bertz CT molecular complexity index is 611. The number of rotatable bonds is 2. The molecule has 18 heavy (non-hydrogen) atoms. The highest BCUT2D eigenvalue weighted by molar-refractivity contribution is 6.37. The fraction of sp³-hybridized carbons (Fsp3) is 0. The summed E-state index contributed by atoms with van der Waals surface area (Å²) in [5.74, 6) is -2.85. The highest BCUT2D eigenvalue weighted by atomic mass is 35.5. The second kappa shape index (κ2) is 5.00. The zero-order valence-electron chi connectivity index (χ0n) is 8.75. The van der Waals surface area contributed by atoms with Crippen LogP contribution in [0.25, 0.3) is 0 Å². The van der Waals surface area contributed by atoms with Crippen molar-refractivity contribution in [1.82, 2.24) is 4.98 Å². The summed E-state index contributed by atoms with van der Waals surface area (Å²) in [6, 6.07) is 4.42. The van der Waals surface area contributed by atoms with E-state index in [0.717, 1.165) is 12.1 Å². The van der Waals surface area contributed by atoms with Crippen LogP contribution in [0.1, 0.15) is 16.1 Å². The van der Waals surface area contributed by atoms with Crippen molar-refractivity contribution in [3.8, 4) is 0 Å². The first-order chi connectivity index (χ1) is 8.50. The maximum atomic E-state index is 13.4. The number of carbonyl (C=O) groups is 1. The maximum Gasteiger partial charge on any atom is 0.218 e. The average Bonchev–Trinajstić information content (AvgIpc) is 2.28. The molecule has 0 saturated heterocycles. The van der Waals surface area contributed by atoms with Gasteiger partial charge in [-0.2, -0.15) is 0 Å². The van der Waals surface area contributed by atoms with Gasteiger partial charge in [-0.05, 0) is 18.2 Å². The molecule has 2 nitrogen and oxygen atoms in total. The van der Waals surface area contributed by atoms with Gasteiger partial charge in [0.15, 0.2) is 0 Å². The zero-order valence-corrected chi connectivity index (χ0v) is 10.3. The van der Waals surface area contributed by atoms with E-state index in [4.69, 9.17) is 23.2 Å². The van der Waals surface area contributed by atoms with Gasteiger partial charge in [0.1, 0.15) is 17.3 Å². The van der Waals surface area contributed by atoms with Gasteiger partial charge in [-0.1, -0.05) is 29.3 Å². The molecule has 0 saturated carbocycles. The molecule has 0 aliphatic heterocycles. The predicted octanol–water partition coefficient (Wildman–Crippen LogP) is 3.90. The maximum absolute atomic E-state index is 13.4. The first kappa shape index (κ1) is 12.9. The molecule has 0 fully saturated rings. The van der Waals surface area contributed by atoms with Crippen LogP contribution in [0, 0.1) is 11.6 Å². The summed E-state index contributed by atoms with van der Waals surface area (Å²) in [6.45, 7) is 0. The first-order valence-electron chi connectivity index (χ1n) is 4.80. The van der Waals surface area contributed by atoms with Crippen LogP contribution in [0.15, 0.2) is 30.5 Å². The van der Waals surface area contributed by atoms with Crippen LogP contribution in [0.5, 0.6) is 0 Å². The van der Waals surface area contributed by atoms with Gasteiger partial charge in [0, 0.05) is 6.20 Å². The van der Waals surface area contributed by atoms with E-state index in [9.17, 15) is 13.6 Å². The van der Waals surface area contributed by atoms with Gasteiger partial charge >= 0.3 is 0 Å². The highest BCUT2D eigenvalue weighted by Crippen LogP contribution is 2.23. The van der Waals surface area contributed by atoms with Gasteiger partial charge in [0.2, 0.25) is 5.78 Å². The van der Waals surface area contributed by atoms with E-state index in [1.807, 2.05) is 0 Å². The molecule has 6 heteroatoms. The Morgan fingerprint density at radius 3 is 2.33 bits per heavy atom. The topological polar surface area (TPSA) is 30.0 Å². The van der Waals surface area contributed by atoms with E-state index < -0.39 is 23.0 Å². The third-order valence-corrected chi connectivity index (χ3v) is 2.71. The minimum Gasteiger partial charge on any atom is -0.287 e. The standard InChI is InChI=1S/C12H5Cl2F2NO/c13-6-4-7(14)11(17-5-6)12(18)10-8(15)2-1-3-9(10)16/h1-5H. The summed E-state index contributed by atoms with van der Waals surface area (Å²) in [4.78, 5) is 15.6. The number of nitrogens with zero attached hydrogens (tertiary/aromatic N) is 1. The second-order valence-corrected chi connectivity index (χ2v) is 4.25. The van der Waals surface area contributed by atoms with Crippen LogP contribution in [0.3, 0.4) is 0 Å². The van der Waals surface area contributed by atoms with Gasteiger partial charge in [0.05, 0.1) is 15.6 Å². The predicted molar refractivity (Wildman–Crippen MR) is 64.0 cm³/mol. The summed E-state index contributed by atoms with van der Waals surface area (Å²) >= 11 is 11.4. The SMILES string of the molecule is O=C(c1ncc(Cl)cc1Cl)c1c(F)cccc1F. The zero-order chi connectivity index (χ0) is 13.3. The van der Waals surface area contributed by atoms with Crippen molar-refractivity contribution >= 4 is 29.0 Å². The van der Waals surface area contributed by atoms with E-state index >= 15 is 0 Å². The van der Waals surface area contributed by atoms with Gasteiger partial charge in [0.25, 0.3) is 0 Å². The number of ketones is 1. The van der Waals surface area contributed by atoms with Gasteiger partial charge in [-0.15, -0.1) is 0 Å². The minimum absolute atomic E-state index is 0.0600. The first-order valence-corrected chi connectivity index (χ1v) is 5.56. The van der Waals surface area contributed by atoms with Gasteiger partial charge in [-0.3, -0.25) is 4.79 Å². The molecule has 0 amide bonds. The number of carbonyl (C=O) groups excluding carboxylic acids is 1. The molecular formula is C12H5Cl2F2NO. The molecule has 0 unspecified atom stereocenters. The van der Waals surface area contributed by atoms with Crippen molar-refractivity contribution in [1.29, 1.82) is 0 Å². The minimum atomic E-state index is -0.965. The quantitative estimate of drug-likeness (QED) is 0.784. The normalized spacial score (nSPS) is 10.4. The molecule has 1 aromatic heterocycles. The van der Waals surface area contributed by atoms with Crippen molar-refractivity contribution in [2.45, 2.75) is 0 Å². The lowest BCUT2D eigenvalue weighted by atomic mass is 10.1. The largest absolute Gasteiger partial charge is 0.287 e. The molecule has 0 aliphatic carbocycles. The summed E-state index contributed by atoms with van der Waals surface area (Å²) < 4.78 is 26.9. The molecule has 0 N–H and O–H groups in total. The lowest BCUT2D eigenvalue weighted by Crippen LogP contribution is -2.10. The summed E-state index contributed by atoms with van der Waals surface area (Å²) in [5, 5.41) is 0.167. The van der Waals surface area contributed by atoms with E-state index in [1.54, 1.807) is 0 Å². The Kier molecular flexibility index (Phi) is 3.59. The number of aromatic nitrogens is 1. The highest BCUT2D eigenvalue weighted by Gasteiger charge is 2.22. The lowest BCUT2D eigenvalue weighted by Gasteiger charge is -2.05. The van der Waals surface area contributed by atoms with Crippen LogP contribution in [0.2, 0.25) is 10.0 Å². The molecule has 0 aliphatic rings. The van der Waals surface area contributed by atoms with Crippen LogP contribution in [-0.2, 0) is 0 Å². The van der Waals surface area contributed by atoms with Gasteiger partial charge < -0.3 is 0 Å². The monoisotopic (exact) mass is 287 g/mol. The molecule has 92 valence electrons. The Morgan fingerprint density at radius 1 is 1.17 bits per heavy atom. The van der Waals surface area contributed by atoms with Crippen LogP contribution >= 0.6 is 23.2 Å². The molecule has 0 radical (unpaired) electrons. The average molecular weight is 288 g/mol. The molecule has 0 atom stereocenters. The number of benzene rings is 1. The Morgan fingerprint density at radius 2 is 1.78 bits per heavy atom. The number of pyridine rings is 1. The lowest BCUT2D eigenvalue weighted by molar-refractivity contribution is 0.102. The van der Waals surface area contributed by atoms with Crippen molar-refractivity contribution < 1.29 is 13.6 Å². The molecule has 2 aromatic rings. The molecule has 1 heterocycles. The molecule has 2 rings (SSSR count). The Hall–Kier alpha value is -1.52. The van der Waals surface area contributed by atoms with Crippen molar-refractivity contribution in [3.63, 3.8) is 0 Å². The summed E-state index contributed by atoms with van der Waals surface area (Å²) in [7, 11) is 0. The van der Waals surface area contributed by atoms with E-state index in [0.29, 0.717) is 0 Å². The van der Waals surface area contributed by atoms with Crippen molar-refractivity contribution in [2.24, 2.45) is 0 Å².